The second kappa shape index (κ2) is 5.07. The first-order valence-electron chi connectivity index (χ1n) is 8.09. The first-order chi connectivity index (χ1) is 12.1. The van der Waals surface area contributed by atoms with E-state index in [4.69, 9.17) is 16.6 Å². The fraction of sp³-hybridized carbons (Fsp3) is 0.100. The Kier molecular flexibility index (Phi) is 2.94. The summed E-state index contributed by atoms with van der Waals surface area (Å²) in [6.07, 6.45) is 1.42. The molecular formula is C20H13ClN2O2. The number of carboxylic acid groups (broad SMARTS) is 1. The number of hydrogen-bond donors (Lipinski definition) is 2. The lowest BCUT2D eigenvalue weighted by molar-refractivity contribution is 0.0698. The number of rotatable bonds is 1. The highest BCUT2D eigenvalue weighted by atomic mass is 35.5. The van der Waals surface area contributed by atoms with Gasteiger partial charge in [-0.1, -0.05) is 29.8 Å². The van der Waals surface area contributed by atoms with Crippen LogP contribution in [0.1, 0.15) is 21.5 Å². The molecule has 5 rings (SSSR count). The minimum absolute atomic E-state index is 0.364. The van der Waals surface area contributed by atoms with Crippen molar-refractivity contribution in [1.29, 1.82) is 0 Å². The van der Waals surface area contributed by atoms with Gasteiger partial charge in [-0.05, 0) is 48.2 Å². The summed E-state index contributed by atoms with van der Waals surface area (Å²) in [5, 5.41) is 12.3. The number of nitrogens with zero attached hydrogens (tertiary/aromatic N) is 1. The van der Waals surface area contributed by atoms with Crippen LogP contribution in [-0.4, -0.2) is 21.0 Å². The van der Waals surface area contributed by atoms with E-state index in [1.54, 1.807) is 0 Å². The summed E-state index contributed by atoms with van der Waals surface area (Å²) in [7, 11) is 0. The monoisotopic (exact) mass is 348 g/mol. The molecule has 0 bridgehead atoms. The van der Waals surface area contributed by atoms with Gasteiger partial charge < -0.3 is 10.1 Å². The van der Waals surface area contributed by atoms with E-state index in [-0.39, 0.29) is 0 Å². The van der Waals surface area contributed by atoms with E-state index in [9.17, 15) is 9.90 Å². The first-order valence-corrected chi connectivity index (χ1v) is 8.46. The Morgan fingerprint density at radius 1 is 1.08 bits per heavy atom. The Balaban J connectivity index is 1.90. The number of para-hydroxylation sites is 1. The molecule has 25 heavy (non-hydrogen) atoms. The van der Waals surface area contributed by atoms with Crippen molar-refractivity contribution in [3.05, 3.63) is 64.2 Å². The molecule has 1 aliphatic rings. The number of aromatic carboxylic acids is 1. The number of halogens is 1. The molecule has 0 spiro atoms. The summed E-state index contributed by atoms with van der Waals surface area (Å²) in [5.41, 5.74) is 5.66. The molecular weight excluding hydrogens is 336 g/mol. The Morgan fingerprint density at radius 3 is 2.72 bits per heavy atom. The minimum atomic E-state index is -0.905. The number of fused-ring (bicyclic) bond motifs is 6. The highest BCUT2D eigenvalue weighted by molar-refractivity contribution is 6.31. The molecule has 0 atom stereocenters. The summed E-state index contributed by atoms with van der Waals surface area (Å²) >= 11 is 6.16. The largest absolute Gasteiger partial charge is 0.478 e. The van der Waals surface area contributed by atoms with Crippen LogP contribution in [0.5, 0.6) is 0 Å². The Bertz CT molecular complexity index is 1190. The maximum absolute atomic E-state index is 12.0. The van der Waals surface area contributed by atoms with Crippen molar-refractivity contribution in [2.75, 3.05) is 0 Å². The molecule has 4 nitrogen and oxygen atoms in total. The van der Waals surface area contributed by atoms with E-state index in [1.165, 1.54) is 0 Å². The smallest absolute Gasteiger partial charge is 0.336 e. The van der Waals surface area contributed by atoms with Gasteiger partial charge in [0.25, 0.3) is 0 Å². The van der Waals surface area contributed by atoms with E-state index in [0.29, 0.717) is 27.9 Å². The maximum Gasteiger partial charge on any atom is 0.336 e. The molecule has 2 aromatic heterocycles. The SMILES string of the molecule is O=C(O)c1c2c(nc3ccccc13)-c1[nH]c3ccc(Cl)cc3c1CC2. The van der Waals surface area contributed by atoms with Crippen molar-refractivity contribution in [2.45, 2.75) is 12.8 Å². The minimum Gasteiger partial charge on any atom is -0.478 e. The standard InChI is InChI=1S/C20H13ClN2O2/c21-10-5-8-16-14(9-10)11-6-7-13-17(20(24)25)12-3-1-2-4-15(12)22-19(13)18(11)23-16/h1-5,8-9,23H,6-7H2,(H,24,25). The molecule has 5 heteroatoms. The number of H-pyrrole nitrogens is 1. The molecule has 2 aromatic carbocycles. The molecule has 0 amide bonds. The van der Waals surface area contributed by atoms with Crippen molar-refractivity contribution < 1.29 is 9.90 Å². The molecule has 0 fully saturated rings. The molecule has 0 radical (unpaired) electrons. The topological polar surface area (TPSA) is 66.0 Å². The van der Waals surface area contributed by atoms with Gasteiger partial charge in [-0.15, -0.1) is 0 Å². The van der Waals surface area contributed by atoms with E-state index < -0.39 is 5.97 Å². The van der Waals surface area contributed by atoms with E-state index in [1.807, 2.05) is 42.5 Å². The first kappa shape index (κ1) is 14.5. The predicted octanol–water partition coefficient (Wildman–Crippen LogP) is 4.83. The van der Waals surface area contributed by atoms with Crippen LogP contribution in [0.3, 0.4) is 0 Å². The van der Waals surface area contributed by atoms with Crippen LogP contribution in [0.25, 0.3) is 33.2 Å². The number of hydrogen-bond acceptors (Lipinski definition) is 2. The molecule has 0 saturated carbocycles. The van der Waals surface area contributed by atoms with Crippen LogP contribution < -0.4 is 0 Å². The third-order valence-corrected chi connectivity index (χ3v) is 5.17. The molecule has 0 aliphatic heterocycles. The average molecular weight is 349 g/mol. The number of carbonyl (C=O) groups is 1. The van der Waals surface area contributed by atoms with Crippen molar-refractivity contribution in [2.24, 2.45) is 0 Å². The van der Waals surface area contributed by atoms with Crippen molar-refractivity contribution in [3.8, 4) is 11.4 Å². The predicted molar refractivity (Wildman–Crippen MR) is 98.4 cm³/mol. The van der Waals surface area contributed by atoms with Gasteiger partial charge in [0.2, 0.25) is 0 Å². The second-order valence-corrected chi connectivity index (χ2v) is 6.74. The van der Waals surface area contributed by atoms with Crippen LogP contribution in [0.2, 0.25) is 5.02 Å². The number of nitrogens with one attached hydrogen (secondary N) is 1. The van der Waals surface area contributed by atoms with Gasteiger partial charge in [0.05, 0.1) is 22.5 Å². The summed E-state index contributed by atoms with van der Waals surface area (Å²) in [5.74, 6) is -0.905. The third-order valence-electron chi connectivity index (χ3n) is 4.94. The second-order valence-electron chi connectivity index (χ2n) is 6.30. The fourth-order valence-corrected chi connectivity index (χ4v) is 4.05. The molecule has 1 aliphatic carbocycles. The maximum atomic E-state index is 12.0. The van der Waals surface area contributed by atoms with Crippen LogP contribution in [0.4, 0.5) is 0 Å². The summed E-state index contributed by atoms with van der Waals surface area (Å²) in [4.78, 5) is 20.2. The van der Waals surface area contributed by atoms with E-state index in [2.05, 4.69) is 4.98 Å². The highest BCUT2D eigenvalue weighted by Crippen LogP contribution is 2.40. The van der Waals surface area contributed by atoms with Gasteiger partial charge >= 0.3 is 5.97 Å². The van der Waals surface area contributed by atoms with Gasteiger partial charge in [-0.25, -0.2) is 9.78 Å². The number of pyridine rings is 1. The summed E-state index contributed by atoms with van der Waals surface area (Å²) < 4.78 is 0. The fourth-order valence-electron chi connectivity index (χ4n) is 3.88. The van der Waals surface area contributed by atoms with Crippen molar-refractivity contribution in [3.63, 3.8) is 0 Å². The van der Waals surface area contributed by atoms with Gasteiger partial charge in [0.1, 0.15) is 0 Å². The number of carboxylic acids is 1. The highest BCUT2D eigenvalue weighted by Gasteiger charge is 2.27. The normalized spacial score (nSPS) is 13.0. The molecule has 122 valence electrons. The van der Waals surface area contributed by atoms with Crippen molar-refractivity contribution >= 4 is 39.4 Å². The molecule has 4 aromatic rings. The Morgan fingerprint density at radius 2 is 1.88 bits per heavy atom. The Labute approximate surface area is 148 Å². The van der Waals surface area contributed by atoms with Gasteiger partial charge in [-0.2, -0.15) is 0 Å². The zero-order chi connectivity index (χ0) is 17.1. The number of benzene rings is 2. The molecule has 2 heterocycles. The van der Waals surface area contributed by atoms with Crippen LogP contribution in [0, 0.1) is 0 Å². The lowest BCUT2D eigenvalue weighted by atomic mass is 9.88. The quantitative estimate of drug-likeness (QED) is 0.517. The van der Waals surface area contributed by atoms with E-state index >= 15 is 0 Å². The Hall–Kier alpha value is -2.85. The zero-order valence-electron chi connectivity index (χ0n) is 13.1. The zero-order valence-corrected chi connectivity index (χ0v) is 13.9. The lowest BCUT2D eigenvalue weighted by Crippen LogP contribution is -2.12. The van der Waals surface area contributed by atoms with Gasteiger partial charge in [0, 0.05) is 21.3 Å². The number of aromatic amines is 1. The van der Waals surface area contributed by atoms with Gasteiger partial charge in [0.15, 0.2) is 0 Å². The lowest BCUT2D eigenvalue weighted by Gasteiger charge is -2.19. The van der Waals surface area contributed by atoms with Crippen LogP contribution in [-0.2, 0) is 12.8 Å². The molecule has 0 saturated heterocycles. The molecule has 0 unspecified atom stereocenters. The number of aryl methyl sites for hydroxylation is 1. The summed E-state index contributed by atoms with van der Waals surface area (Å²) in [6.45, 7) is 0. The van der Waals surface area contributed by atoms with Crippen molar-refractivity contribution in [1.82, 2.24) is 9.97 Å². The molecule has 2 N–H and O–H groups in total. The third kappa shape index (κ3) is 2.01. The number of aromatic nitrogens is 2. The average Bonchev–Trinajstić information content (AvgIpc) is 2.97. The van der Waals surface area contributed by atoms with Crippen LogP contribution >= 0.6 is 11.6 Å². The van der Waals surface area contributed by atoms with Gasteiger partial charge in [-0.3, -0.25) is 0 Å². The van der Waals surface area contributed by atoms with Crippen LogP contribution in [0.15, 0.2) is 42.5 Å². The summed E-state index contributed by atoms with van der Waals surface area (Å²) in [6, 6.07) is 13.2. The van der Waals surface area contributed by atoms with E-state index in [0.717, 1.165) is 39.8 Å².